The number of esters is 1. The van der Waals surface area contributed by atoms with E-state index in [2.05, 4.69) is 46.5 Å². The SMILES string of the molecule is CCOc1ccc(N2C(=O)/C(=C/c3cc(C)n(-c4cc(C)c(Br)c(C)c4)c3C)N(CC(=O)OC)C2=S)cc1. The number of carbonyl (C=O) groups excluding carboxylic acids is 2. The third-order valence-corrected chi connectivity index (χ3v) is 8.15. The van der Waals surface area contributed by atoms with Crippen molar-refractivity contribution in [2.45, 2.75) is 34.6 Å². The zero-order valence-electron chi connectivity index (χ0n) is 22.3. The van der Waals surface area contributed by atoms with Crippen molar-refractivity contribution >= 4 is 56.9 Å². The van der Waals surface area contributed by atoms with E-state index in [4.69, 9.17) is 21.7 Å². The fourth-order valence-corrected chi connectivity index (χ4v) is 5.22. The van der Waals surface area contributed by atoms with E-state index >= 15 is 0 Å². The molecule has 1 aliphatic heterocycles. The van der Waals surface area contributed by atoms with Crippen LogP contribution in [-0.2, 0) is 14.3 Å². The lowest BCUT2D eigenvalue weighted by Gasteiger charge is -2.19. The predicted octanol–water partition coefficient (Wildman–Crippen LogP) is 6.02. The summed E-state index contributed by atoms with van der Waals surface area (Å²) in [6.07, 6.45) is 1.80. The average molecular weight is 597 g/mol. The van der Waals surface area contributed by atoms with Gasteiger partial charge in [0.25, 0.3) is 5.91 Å². The largest absolute Gasteiger partial charge is 0.494 e. The van der Waals surface area contributed by atoms with Crippen molar-refractivity contribution in [1.82, 2.24) is 9.47 Å². The zero-order chi connectivity index (χ0) is 27.7. The minimum absolute atomic E-state index is 0.176. The molecule has 0 bridgehead atoms. The second-order valence-electron chi connectivity index (χ2n) is 9.10. The highest BCUT2D eigenvalue weighted by atomic mass is 79.9. The molecule has 0 aliphatic carbocycles. The van der Waals surface area contributed by atoms with Gasteiger partial charge in [-0.3, -0.25) is 14.5 Å². The molecule has 198 valence electrons. The van der Waals surface area contributed by atoms with Crippen LogP contribution >= 0.6 is 28.1 Å². The van der Waals surface area contributed by atoms with Crippen molar-refractivity contribution in [3.8, 4) is 11.4 Å². The molecule has 2 aromatic carbocycles. The van der Waals surface area contributed by atoms with Gasteiger partial charge in [-0.05, 0) is 112 Å². The van der Waals surface area contributed by atoms with Gasteiger partial charge < -0.3 is 18.9 Å². The molecule has 4 rings (SSSR count). The average Bonchev–Trinajstić information content (AvgIpc) is 3.29. The summed E-state index contributed by atoms with van der Waals surface area (Å²) in [5, 5.41) is 0.212. The van der Waals surface area contributed by atoms with Gasteiger partial charge in [-0.2, -0.15) is 0 Å². The van der Waals surface area contributed by atoms with Crippen LogP contribution in [0.1, 0.15) is 35.0 Å². The van der Waals surface area contributed by atoms with Crippen LogP contribution in [0.2, 0.25) is 0 Å². The Bertz CT molecular complexity index is 1440. The summed E-state index contributed by atoms with van der Waals surface area (Å²) in [6, 6.07) is 13.4. The number of halogens is 1. The molecule has 2 heterocycles. The summed E-state index contributed by atoms with van der Waals surface area (Å²) in [4.78, 5) is 29.0. The van der Waals surface area contributed by atoms with Crippen molar-refractivity contribution in [2.24, 2.45) is 0 Å². The number of benzene rings is 2. The first kappa shape index (κ1) is 27.6. The maximum absolute atomic E-state index is 13.7. The maximum atomic E-state index is 13.7. The van der Waals surface area contributed by atoms with Gasteiger partial charge in [-0.1, -0.05) is 15.9 Å². The number of nitrogens with zero attached hydrogens (tertiary/aromatic N) is 3. The minimum Gasteiger partial charge on any atom is -0.494 e. The number of hydrogen-bond acceptors (Lipinski definition) is 5. The third kappa shape index (κ3) is 5.13. The summed E-state index contributed by atoms with van der Waals surface area (Å²) in [5.41, 5.74) is 7.05. The Morgan fingerprint density at radius 1 is 1.03 bits per heavy atom. The first-order valence-corrected chi connectivity index (χ1v) is 13.4. The van der Waals surface area contributed by atoms with Crippen molar-refractivity contribution in [3.05, 3.63) is 80.7 Å². The molecule has 0 N–H and O–H groups in total. The Labute approximate surface area is 236 Å². The molecule has 1 amide bonds. The molecule has 3 aromatic rings. The number of ether oxygens (including phenoxy) is 2. The number of hydrogen-bond donors (Lipinski definition) is 0. The minimum atomic E-state index is -0.495. The van der Waals surface area contributed by atoms with E-state index in [0.717, 1.165) is 38.2 Å². The van der Waals surface area contributed by atoms with E-state index < -0.39 is 5.97 Å². The fourth-order valence-electron chi connectivity index (χ4n) is 4.64. The smallest absolute Gasteiger partial charge is 0.325 e. The first-order chi connectivity index (χ1) is 18.1. The Kier molecular flexibility index (Phi) is 8.08. The van der Waals surface area contributed by atoms with Gasteiger partial charge in [-0.15, -0.1) is 0 Å². The standard InChI is InChI=1S/C29H30BrN3O4S/c1-7-37-24-10-8-22(9-11-24)33-28(35)25(31(29(33)38)16-26(34)36-6)15-21-14-19(4)32(20(21)5)23-12-17(2)27(30)18(3)13-23/h8-15H,7,16H2,1-6H3/b25-15-. The van der Waals surface area contributed by atoms with Crippen LogP contribution in [0.4, 0.5) is 5.69 Å². The number of methoxy groups -OCH3 is 1. The van der Waals surface area contributed by atoms with Gasteiger partial charge >= 0.3 is 5.97 Å². The molecule has 1 fully saturated rings. The van der Waals surface area contributed by atoms with Crippen LogP contribution in [-0.4, -0.2) is 46.7 Å². The molecule has 1 aliphatic rings. The van der Waals surface area contributed by atoms with Crippen molar-refractivity contribution in [2.75, 3.05) is 25.2 Å². The molecular weight excluding hydrogens is 566 g/mol. The topological polar surface area (TPSA) is 64.0 Å². The summed E-state index contributed by atoms with van der Waals surface area (Å²) in [5.74, 6) is -0.115. The molecule has 0 unspecified atom stereocenters. The number of aromatic nitrogens is 1. The number of anilines is 1. The zero-order valence-corrected chi connectivity index (χ0v) is 24.7. The van der Waals surface area contributed by atoms with Gasteiger partial charge in [0.05, 0.1) is 19.4 Å². The van der Waals surface area contributed by atoms with Crippen LogP contribution in [0.3, 0.4) is 0 Å². The lowest BCUT2D eigenvalue weighted by Crippen LogP contribution is -2.35. The van der Waals surface area contributed by atoms with Crippen LogP contribution in [0.25, 0.3) is 11.8 Å². The molecule has 0 spiro atoms. The van der Waals surface area contributed by atoms with E-state index in [1.165, 1.54) is 16.9 Å². The highest BCUT2D eigenvalue weighted by Gasteiger charge is 2.40. The third-order valence-electron chi connectivity index (χ3n) is 6.50. The Morgan fingerprint density at radius 3 is 2.24 bits per heavy atom. The molecule has 1 aromatic heterocycles. The van der Waals surface area contributed by atoms with Crippen molar-refractivity contribution in [3.63, 3.8) is 0 Å². The van der Waals surface area contributed by atoms with Gasteiger partial charge in [0.2, 0.25) is 0 Å². The first-order valence-electron chi connectivity index (χ1n) is 12.2. The molecule has 7 nitrogen and oxygen atoms in total. The predicted molar refractivity (Wildman–Crippen MR) is 157 cm³/mol. The lowest BCUT2D eigenvalue weighted by molar-refractivity contribution is -0.140. The van der Waals surface area contributed by atoms with Crippen molar-refractivity contribution in [1.29, 1.82) is 0 Å². The quantitative estimate of drug-likeness (QED) is 0.189. The molecule has 0 atom stereocenters. The molecule has 0 saturated carbocycles. The van der Waals surface area contributed by atoms with Gasteiger partial charge in [0.15, 0.2) is 5.11 Å². The van der Waals surface area contributed by atoms with E-state index in [0.29, 0.717) is 23.7 Å². The van der Waals surface area contributed by atoms with Crippen LogP contribution in [0.15, 0.2) is 52.6 Å². The molecular formula is C29H30BrN3O4S. The van der Waals surface area contributed by atoms with Gasteiger partial charge in [-0.25, -0.2) is 0 Å². The highest BCUT2D eigenvalue weighted by Crippen LogP contribution is 2.33. The van der Waals surface area contributed by atoms with Crippen LogP contribution in [0, 0.1) is 27.7 Å². The second-order valence-corrected chi connectivity index (χ2v) is 10.3. The number of thiocarbonyl (C=S) groups is 1. The lowest BCUT2D eigenvalue weighted by atomic mass is 10.1. The summed E-state index contributed by atoms with van der Waals surface area (Å²) in [6.45, 7) is 10.4. The van der Waals surface area contributed by atoms with E-state index in [-0.39, 0.29) is 17.6 Å². The Hall–Kier alpha value is -3.43. The molecule has 38 heavy (non-hydrogen) atoms. The van der Waals surface area contributed by atoms with Crippen molar-refractivity contribution < 1.29 is 19.1 Å². The molecule has 0 radical (unpaired) electrons. The molecule has 9 heteroatoms. The summed E-state index contributed by atoms with van der Waals surface area (Å²) >= 11 is 9.33. The fraction of sp³-hybridized carbons (Fsp3) is 0.276. The Morgan fingerprint density at radius 2 is 1.66 bits per heavy atom. The van der Waals surface area contributed by atoms with E-state index in [1.807, 2.05) is 26.8 Å². The number of rotatable bonds is 7. The number of aryl methyl sites for hydroxylation is 3. The Balaban J connectivity index is 1.79. The van der Waals surface area contributed by atoms with Gasteiger partial charge in [0, 0.05) is 21.5 Å². The monoisotopic (exact) mass is 595 g/mol. The second kappa shape index (κ2) is 11.1. The van der Waals surface area contributed by atoms with Crippen LogP contribution in [0.5, 0.6) is 5.75 Å². The normalized spacial score (nSPS) is 14.6. The van der Waals surface area contributed by atoms with Gasteiger partial charge in [0.1, 0.15) is 18.0 Å². The van der Waals surface area contributed by atoms with E-state index in [1.54, 1.807) is 30.3 Å². The number of carbonyl (C=O) groups is 2. The summed E-state index contributed by atoms with van der Waals surface area (Å²) in [7, 11) is 1.31. The molecule has 1 saturated heterocycles. The van der Waals surface area contributed by atoms with Crippen LogP contribution < -0.4 is 9.64 Å². The highest BCUT2D eigenvalue weighted by molar-refractivity contribution is 9.10. The van der Waals surface area contributed by atoms with E-state index in [9.17, 15) is 9.59 Å². The number of amides is 1. The maximum Gasteiger partial charge on any atom is 0.325 e. The summed E-state index contributed by atoms with van der Waals surface area (Å²) < 4.78 is 13.7.